The lowest BCUT2D eigenvalue weighted by Gasteiger charge is -2.33. The van der Waals surface area contributed by atoms with Gasteiger partial charge >= 0.3 is 12.0 Å². The number of hydrogen-bond donors (Lipinski definition) is 12. The molecule has 22 nitrogen and oxygen atoms in total. The van der Waals surface area contributed by atoms with Gasteiger partial charge in [0.15, 0.2) is 11.9 Å². The van der Waals surface area contributed by atoms with Gasteiger partial charge in [0, 0.05) is 39.0 Å². The summed E-state index contributed by atoms with van der Waals surface area (Å²) in [6.45, 7) is 9.58. The van der Waals surface area contributed by atoms with Crippen LogP contribution >= 0.6 is 0 Å². The predicted molar refractivity (Wildman–Crippen MR) is 254 cm³/mol. The number of phenols is 1. The van der Waals surface area contributed by atoms with Crippen molar-refractivity contribution in [1.82, 2.24) is 36.8 Å². The molecule has 0 aliphatic carbocycles. The van der Waals surface area contributed by atoms with Crippen molar-refractivity contribution >= 4 is 53.5 Å². The Balaban J connectivity index is 2.26. The molecule has 67 heavy (non-hydrogen) atoms. The summed E-state index contributed by atoms with van der Waals surface area (Å²) in [5.41, 5.74) is 22.7. The van der Waals surface area contributed by atoms with E-state index >= 15 is 0 Å². The number of aliphatic carboxylic acids is 1. The Labute approximate surface area is 393 Å². The van der Waals surface area contributed by atoms with Gasteiger partial charge in [-0.1, -0.05) is 46.8 Å². The number of terminal acetylenes is 1. The fourth-order valence-corrected chi connectivity index (χ4v) is 7.15. The molecular weight excluding hydrogens is 867 g/mol. The van der Waals surface area contributed by atoms with Crippen molar-refractivity contribution in [2.24, 2.45) is 44.3 Å². The predicted octanol–water partition coefficient (Wildman–Crippen LogP) is -0.380. The highest BCUT2D eigenvalue weighted by atomic mass is 16.4. The van der Waals surface area contributed by atoms with Crippen LogP contribution in [0.5, 0.6) is 5.75 Å². The molecule has 6 atom stereocenters. The molecule has 1 fully saturated rings. The van der Waals surface area contributed by atoms with E-state index in [0.29, 0.717) is 37.8 Å². The summed E-state index contributed by atoms with van der Waals surface area (Å²) in [5, 5.41) is 35.6. The number of nitrogens with zero attached hydrogens (tertiary/aromatic N) is 3. The van der Waals surface area contributed by atoms with Crippen molar-refractivity contribution in [3.63, 3.8) is 0 Å². The maximum Gasteiger partial charge on any atom is 0.326 e. The Kier molecular flexibility index (Phi) is 24.0. The average Bonchev–Trinajstić information content (AvgIpc) is 3.75. The molecule has 0 aromatic heterocycles. The van der Waals surface area contributed by atoms with Crippen LogP contribution in [0.4, 0.5) is 4.79 Å². The number of aromatic hydroxyl groups is 1. The summed E-state index contributed by atoms with van der Waals surface area (Å²) in [6, 6.07) is -1.55. The number of amides is 7. The molecule has 1 aliphatic rings. The molecule has 0 radical (unpaired) electrons. The van der Waals surface area contributed by atoms with E-state index in [1.54, 1.807) is 32.9 Å². The van der Waals surface area contributed by atoms with Gasteiger partial charge in [0.2, 0.25) is 29.5 Å². The third kappa shape index (κ3) is 21.0. The van der Waals surface area contributed by atoms with Gasteiger partial charge in [-0.3, -0.25) is 39.3 Å². The molecule has 22 heteroatoms. The quantitative estimate of drug-likeness (QED) is 0.0244. The number of carboxylic acid groups (broad SMARTS) is 1. The first kappa shape index (κ1) is 56.5. The van der Waals surface area contributed by atoms with Gasteiger partial charge < -0.3 is 64.6 Å². The van der Waals surface area contributed by atoms with E-state index in [4.69, 9.17) is 29.4 Å². The van der Waals surface area contributed by atoms with Crippen molar-refractivity contribution in [2.75, 3.05) is 26.2 Å². The zero-order chi connectivity index (χ0) is 50.3. The van der Waals surface area contributed by atoms with Crippen molar-refractivity contribution in [1.29, 1.82) is 0 Å². The van der Waals surface area contributed by atoms with Crippen LogP contribution in [0.25, 0.3) is 0 Å². The van der Waals surface area contributed by atoms with Crippen LogP contribution in [0, 0.1) is 23.7 Å². The van der Waals surface area contributed by atoms with Crippen LogP contribution < -0.4 is 54.8 Å². The van der Waals surface area contributed by atoms with E-state index in [9.17, 15) is 43.8 Å². The van der Waals surface area contributed by atoms with Gasteiger partial charge in [0.05, 0.1) is 6.04 Å². The third-order valence-electron chi connectivity index (χ3n) is 10.7. The van der Waals surface area contributed by atoms with Gasteiger partial charge in [0.25, 0.3) is 0 Å². The number of aliphatic imine (C=N–C) groups is 2. The number of nitrogens with one attached hydrogen (secondary N) is 6. The zero-order valence-corrected chi connectivity index (χ0v) is 39.4. The van der Waals surface area contributed by atoms with E-state index in [0.717, 1.165) is 6.42 Å². The number of phenolic OH excluding ortho intramolecular Hbond substituents is 1. The molecular formula is C45H73N13O9. The summed E-state index contributed by atoms with van der Waals surface area (Å²) < 4.78 is 0. The second-order valence-electron chi connectivity index (χ2n) is 18.0. The second kappa shape index (κ2) is 28.4. The molecule has 16 N–H and O–H groups in total. The molecule has 372 valence electrons. The van der Waals surface area contributed by atoms with Crippen LogP contribution in [0.3, 0.4) is 0 Å². The molecule has 7 amide bonds. The molecule has 1 aromatic carbocycles. The zero-order valence-electron chi connectivity index (χ0n) is 39.4. The van der Waals surface area contributed by atoms with E-state index in [1.165, 1.54) is 17.0 Å². The van der Waals surface area contributed by atoms with E-state index in [1.807, 2.05) is 13.8 Å². The Morgan fingerprint density at radius 1 is 0.851 bits per heavy atom. The molecule has 1 aromatic rings. The minimum atomic E-state index is -1.30. The summed E-state index contributed by atoms with van der Waals surface area (Å²) in [5.74, 6) is -2.40. The fourth-order valence-electron chi connectivity index (χ4n) is 7.15. The minimum Gasteiger partial charge on any atom is -0.508 e. The summed E-state index contributed by atoms with van der Waals surface area (Å²) in [7, 11) is 0. The highest BCUT2D eigenvalue weighted by Gasteiger charge is 2.41. The summed E-state index contributed by atoms with van der Waals surface area (Å²) >= 11 is 0. The van der Waals surface area contributed by atoms with Crippen molar-refractivity contribution in [3.8, 4) is 18.1 Å². The van der Waals surface area contributed by atoms with Crippen LogP contribution in [0.15, 0.2) is 34.3 Å². The number of unbranched alkanes of at least 4 members (excludes halogenated alkanes) is 2. The van der Waals surface area contributed by atoms with Crippen LogP contribution in [0.1, 0.15) is 104 Å². The highest BCUT2D eigenvalue weighted by molar-refractivity contribution is 5.97. The largest absolute Gasteiger partial charge is 0.508 e. The molecule has 1 heterocycles. The number of carbonyl (C=O) groups excluding carboxylic acids is 6. The van der Waals surface area contributed by atoms with Gasteiger partial charge in [-0.2, -0.15) is 0 Å². The van der Waals surface area contributed by atoms with Crippen molar-refractivity contribution in [3.05, 3.63) is 29.8 Å². The smallest absolute Gasteiger partial charge is 0.326 e. The Bertz CT molecular complexity index is 1920. The minimum absolute atomic E-state index is 0.0253. The first-order valence-electron chi connectivity index (χ1n) is 22.7. The number of benzene rings is 1. The maximum absolute atomic E-state index is 14.3. The van der Waals surface area contributed by atoms with Crippen molar-refractivity contribution < 1.29 is 43.8 Å². The van der Waals surface area contributed by atoms with E-state index in [-0.39, 0.29) is 81.7 Å². The molecule has 0 spiro atoms. The SMILES string of the molecule is C#CCCCCNC(=O)NC(N)=NCCC[C@H](N)C(=O)N[C@@H](CCCN=C(N)N)C(=O)N1CCC[C@H]1C(=O)N[C@@H](Cc1ccc(O)cc1)C(=O)N[C@H](C(=O)N[C@@H](CC(C)C)C(=O)O)C(C)(C)C. The summed E-state index contributed by atoms with van der Waals surface area (Å²) in [6.07, 6.45) is 8.85. The molecule has 0 saturated carbocycles. The lowest BCUT2D eigenvalue weighted by molar-refractivity contribution is -0.143. The standard InChI is InChI=1S/C45H73N13O9/c1-7-8-9-10-21-52-44(67)57-43(49)51-23-11-14-30(46)36(60)53-31(15-12-22-50-42(47)48)40(64)58-24-13-16-34(58)38(62)54-32(26-28-17-19-29(59)20-18-28)37(61)56-35(45(4,5)6)39(63)55-33(41(65)66)25-27(2)3/h1,17-20,27,30-35,59H,8-16,21-26,46H2,2-6H3,(H,53,60)(H,54,62)(H,55,63)(H,56,61)(H,65,66)(H4,47,48,50)(H4,49,51,52,57,67)/t30-,31-,32-,33-,34-,35+/m0/s1. The normalized spacial score (nSPS) is 16.0. The van der Waals surface area contributed by atoms with Gasteiger partial charge in [-0.15, -0.1) is 12.3 Å². The highest BCUT2D eigenvalue weighted by Crippen LogP contribution is 2.23. The maximum atomic E-state index is 14.3. The number of carbonyl (C=O) groups is 7. The van der Waals surface area contributed by atoms with Gasteiger partial charge in [-0.05, 0) is 86.8 Å². The second-order valence-corrected chi connectivity index (χ2v) is 18.0. The lowest BCUT2D eigenvalue weighted by atomic mass is 9.85. The number of nitrogens with two attached hydrogens (primary N) is 4. The van der Waals surface area contributed by atoms with Gasteiger partial charge in [0.1, 0.15) is 36.0 Å². The number of hydrogen-bond acceptors (Lipinski definition) is 11. The van der Waals surface area contributed by atoms with Gasteiger partial charge in [-0.25, -0.2) is 9.59 Å². The number of rotatable bonds is 26. The Hall–Kier alpha value is -6.63. The number of guanidine groups is 2. The number of carboxylic acids is 1. The first-order valence-corrected chi connectivity index (χ1v) is 22.7. The Morgan fingerprint density at radius 2 is 1.49 bits per heavy atom. The molecule has 0 bridgehead atoms. The average molecular weight is 940 g/mol. The van der Waals surface area contributed by atoms with Crippen LogP contribution in [0.2, 0.25) is 0 Å². The molecule has 1 saturated heterocycles. The number of likely N-dealkylation sites (tertiary alicyclic amines) is 1. The number of urea groups is 1. The summed E-state index contributed by atoms with van der Waals surface area (Å²) in [4.78, 5) is 103. The molecule has 0 unspecified atom stereocenters. The van der Waals surface area contributed by atoms with Crippen LogP contribution in [-0.4, -0.2) is 131 Å². The van der Waals surface area contributed by atoms with Crippen molar-refractivity contribution in [2.45, 2.75) is 141 Å². The molecule has 2 rings (SSSR count). The topological polar surface area (TPSA) is 364 Å². The molecule has 1 aliphatic heterocycles. The Morgan fingerprint density at radius 3 is 2.10 bits per heavy atom. The van der Waals surface area contributed by atoms with E-state index in [2.05, 4.69) is 47.8 Å². The third-order valence-corrected chi connectivity index (χ3v) is 10.7. The first-order chi connectivity index (χ1) is 31.5. The van der Waals surface area contributed by atoms with E-state index < -0.39 is 83.2 Å². The van der Waals surface area contributed by atoms with Crippen LogP contribution in [-0.2, 0) is 35.2 Å². The fraction of sp³-hybridized carbons (Fsp3) is 0.622. The monoisotopic (exact) mass is 940 g/mol. The lowest BCUT2D eigenvalue weighted by Crippen LogP contribution is -2.61.